The molecule has 0 rings (SSSR count). The van der Waals surface area contributed by atoms with E-state index in [1.54, 1.807) is 14.2 Å². The number of carboxylic acid groups (broad SMARTS) is 1. The van der Waals surface area contributed by atoms with E-state index in [1.807, 2.05) is 6.92 Å². The maximum absolute atomic E-state index is 10.9. The van der Waals surface area contributed by atoms with Crippen molar-refractivity contribution >= 4 is 5.97 Å². The summed E-state index contributed by atoms with van der Waals surface area (Å²) < 4.78 is 11.2. The molecule has 1 N–H and O–H groups in total. The third kappa shape index (κ3) is 7.82. The van der Waals surface area contributed by atoms with E-state index in [2.05, 4.69) is 6.92 Å². The lowest BCUT2D eigenvalue weighted by molar-refractivity contribution is -0.244. The van der Waals surface area contributed by atoms with Gasteiger partial charge in [-0.2, -0.15) is 0 Å². The average Bonchev–Trinajstić information content (AvgIpc) is 2.49. The summed E-state index contributed by atoms with van der Waals surface area (Å²) in [5.74, 6) is -1.25. The molecule has 0 fully saturated rings. The Hall–Kier alpha value is -0.610. The lowest BCUT2D eigenvalue weighted by Gasteiger charge is -2.37. The van der Waals surface area contributed by atoms with Gasteiger partial charge >= 0.3 is 5.97 Å². The number of aliphatic carboxylic acids is 1. The van der Waals surface area contributed by atoms with Crippen LogP contribution in [0.1, 0.15) is 78.1 Å². The first-order chi connectivity index (χ1) is 10.1. The molecule has 0 bridgehead atoms. The number of unbranched alkanes of at least 4 members (excludes halogenated alkanes) is 5. The van der Waals surface area contributed by atoms with Crippen molar-refractivity contribution in [2.75, 3.05) is 14.2 Å². The van der Waals surface area contributed by atoms with Gasteiger partial charge in [-0.1, -0.05) is 52.4 Å². The van der Waals surface area contributed by atoms with Crippen LogP contribution in [0.15, 0.2) is 0 Å². The van der Waals surface area contributed by atoms with Gasteiger partial charge in [0.15, 0.2) is 5.79 Å². The predicted molar refractivity (Wildman–Crippen MR) is 85.4 cm³/mol. The SMILES string of the molecule is CCCCCCCCC(CCC(=O)O)C(CC)(OC)OC. The molecule has 0 aromatic carbocycles. The fourth-order valence-electron chi connectivity index (χ4n) is 3.05. The minimum Gasteiger partial charge on any atom is -0.481 e. The molecule has 4 heteroatoms. The second-order valence-electron chi connectivity index (χ2n) is 5.76. The van der Waals surface area contributed by atoms with Crippen molar-refractivity contribution < 1.29 is 19.4 Å². The highest BCUT2D eigenvalue weighted by molar-refractivity contribution is 5.66. The maximum atomic E-state index is 10.9. The fourth-order valence-corrected chi connectivity index (χ4v) is 3.05. The number of hydrogen-bond acceptors (Lipinski definition) is 3. The van der Waals surface area contributed by atoms with E-state index in [0.717, 1.165) is 19.3 Å². The van der Waals surface area contributed by atoms with E-state index in [0.29, 0.717) is 6.42 Å². The number of carbonyl (C=O) groups is 1. The summed E-state index contributed by atoms with van der Waals surface area (Å²) in [4.78, 5) is 10.9. The minimum atomic E-state index is -0.750. The van der Waals surface area contributed by atoms with Crippen molar-refractivity contribution in [2.45, 2.75) is 83.8 Å². The summed E-state index contributed by atoms with van der Waals surface area (Å²) in [5.41, 5.74) is 0. The monoisotopic (exact) mass is 302 g/mol. The molecule has 126 valence electrons. The standard InChI is InChI=1S/C17H34O4/c1-5-7-8-9-10-11-12-15(13-14-16(18)19)17(6-2,20-3)21-4/h15H,5-14H2,1-4H3,(H,18,19). The number of rotatable bonds is 14. The zero-order valence-corrected chi connectivity index (χ0v) is 14.3. The molecule has 0 radical (unpaired) electrons. The summed E-state index contributed by atoms with van der Waals surface area (Å²) in [7, 11) is 3.31. The van der Waals surface area contributed by atoms with E-state index in [-0.39, 0.29) is 12.3 Å². The summed E-state index contributed by atoms with van der Waals surface area (Å²) in [5, 5.41) is 8.93. The first-order valence-electron chi connectivity index (χ1n) is 8.38. The third-order valence-electron chi connectivity index (χ3n) is 4.42. The van der Waals surface area contributed by atoms with Gasteiger partial charge in [-0.25, -0.2) is 0 Å². The Balaban J connectivity index is 4.41. The van der Waals surface area contributed by atoms with Gasteiger partial charge in [-0.05, 0) is 19.3 Å². The number of methoxy groups -OCH3 is 2. The van der Waals surface area contributed by atoms with Crippen LogP contribution in [0.5, 0.6) is 0 Å². The topological polar surface area (TPSA) is 55.8 Å². The van der Waals surface area contributed by atoms with Crippen LogP contribution < -0.4 is 0 Å². The van der Waals surface area contributed by atoms with Gasteiger partial charge in [0.25, 0.3) is 0 Å². The van der Waals surface area contributed by atoms with Crippen LogP contribution in [0.3, 0.4) is 0 Å². The second-order valence-corrected chi connectivity index (χ2v) is 5.76. The average molecular weight is 302 g/mol. The molecule has 0 aliphatic heterocycles. The van der Waals surface area contributed by atoms with Gasteiger partial charge in [-0.15, -0.1) is 0 Å². The van der Waals surface area contributed by atoms with Crippen molar-refractivity contribution in [1.29, 1.82) is 0 Å². The highest BCUT2D eigenvalue weighted by atomic mass is 16.7. The Bertz CT molecular complexity index is 253. The Morgan fingerprint density at radius 2 is 1.57 bits per heavy atom. The Morgan fingerprint density at radius 1 is 1.00 bits per heavy atom. The van der Waals surface area contributed by atoms with Crippen molar-refractivity contribution in [3.8, 4) is 0 Å². The van der Waals surface area contributed by atoms with Crippen LogP contribution >= 0.6 is 0 Å². The van der Waals surface area contributed by atoms with Crippen molar-refractivity contribution in [3.05, 3.63) is 0 Å². The van der Waals surface area contributed by atoms with E-state index >= 15 is 0 Å². The second kappa shape index (κ2) is 12.0. The molecule has 0 saturated heterocycles. The van der Waals surface area contributed by atoms with Gasteiger partial charge in [0.2, 0.25) is 0 Å². The van der Waals surface area contributed by atoms with Gasteiger partial charge in [0.1, 0.15) is 0 Å². The van der Waals surface area contributed by atoms with Crippen LogP contribution in [0.4, 0.5) is 0 Å². The smallest absolute Gasteiger partial charge is 0.303 e. The van der Waals surface area contributed by atoms with E-state index in [4.69, 9.17) is 14.6 Å². The number of carboxylic acids is 1. The van der Waals surface area contributed by atoms with Crippen molar-refractivity contribution in [3.63, 3.8) is 0 Å². The van der Waals surface area contributed by atoms with Crippen LogP contribution in [0, 0.1) is 5.92 Å². The summed E-state index contributed by atoms with van der Waals surface area (Å²) in [6.45, 7) is 4.25. The Labute approximate surface area is 130 Å². The maximum Gasteiger partial charge on any atom is 0.303 e. The lowest BCUT2D eigenvalue weighted by Crippen LogP contribution is -2.41. The summed E-state index contributed by atoms with van der Waals surface area (Å²) in [6, 6.07) is 0. The zero-order chi connectivity index (χ0) is 16.1. The van der Waals surface area contributed by atoms with E-state index in [1.165, 1.54) is 32.1 Å². The van der Waals surface area contributed by atoms with E-state index < -0.39 is 11.8 Å². The van der Waals surface area contributed by atoms with Crippen molar-refractivity contribution in [1.82, 2.24) is 0 Å². The molecular weight excluding hydrogens is 268 g/mol. The molecule has 4 nitrogen and oxygen atoms in total. The molecule has 0 amide bonds. The van der Waals surface area contributed by atoms with Crippen LogP contribution in [0.2, 0.25) is 0 Å². The number of ether oxygens (including phenoxy) is 2. The van der Waals surface area contributed by atoms with Crippen LogP contribution in [0.25, 0.3) is 0 Å². The van der Waals surface area contributed by atoms with Gasteiger partial charge in [0, 0.05) is 26.6 Å². The molecule has 0 aromatic rings. The van der Waals surface area contributed by atoms with E-state index in [9.17, 15) is 4.79 Å². The summed E-state index contributed by atoms with van der Waals surface area (Å²) in [6.07, 6.45) is 9.93. The van der Waals surface area contributed by atoms with Gasteiger partial charge in [-0.3, -0.25) is 4.79 Å². The highest BCUT2D eigenvalue weighted by Gasteiger charge is 2.37. The summed E-state index contributed by atoms with van der Waals surface area (Å²) >= 11 is 0. The molecular formula is C17H34O4. The van der Waals surface area contributed by atoms with Crippen molar-refractivity contribution in [2.24, 2.45) is 5.92 Å². The van der Waals surface area contributed by atoms with Crippen LogP contribution in [-0.4, -0.2) is 31.1 Å². The molecule has 0 heterocycles. The van der Waals surface area contributed by atoms with Crippen LogP contribution in [-0.2, 0) is 14.3 Å². The molecule has 0 aliphatic carbocycles. The molecule has 0 aliphatic rings. The fraction of sp³-hybridized carbons (Fsp3) is 0.941. The molecule has 1 unspecified atom stereocenters. The lowest BCUT2D eigenvalue weighted by atomic mass is 9.86. The van der Waals surface area contributed by atoms with Gasteiger partial charge in [0.05, 0.1) is 0 Å². The zero-order valence-electron chi connectivity index (χ0n) is 14.3. The molecule has 0 spiro atoms. The molecule has 21 heavy (non-hydrogen) atoms. The largest absolute Gasteiger partial charge is 0.481 e. The third-order valence-corrected chi connectivity index (χ3v) is 4.42. The molecule has 0 saturated carbocycles. The minimum absolute atomic E-state index is 0.139. The first kappa shape index (κ1) is 20.4. The number of hydrogen-bond donors (Lipinski definition) is 1. The highest BCUT2D eigenvalue weighted by Crippen LogP contribution is 2.34. The Morgan fingerprint density at radius 3 is 2.05 bits per heavy atom. The normalized spacial score (nSPS) is 13.3. The first-order valence-corrected chi connectivity index (χ1v) is 8.38. The van der Waals surface area contributed by atoms with Gasteiger partial charge < -0.3 is 14.6 Å². The molecule has 0 aromatic heterocycles. The predicted octanol–water partition coefficient (Wildman–Crippen LogP) is 4.62. The quantitative estimate of drug-likeness (QED) is 0.376. The molecule has 1 atom stereocenters. The Kier molecular flexibility index (Phi) is 11.6.